The van der Waals surface area contributed by atoms with Gasteiger partial charge in [0.05, 0.1) is 0 Å². The molecule has 0 saturated carbocycles. The van der Waals surface area contributed by atoms with Gasteiger partial charge in [0.15, 0.2) is 0 Å². The Labute approximate surface area is 99.3 Å². The number of carbonyl (C=O) groups is 1. The molecule has 1 unspecified atom stereocenters. The number of nitrogens with one attached hydrogen (secondary N) is 1. The standard InChI is InChI=1S/C13H14N2O2/c1-9(13(16)17)15-8-11-4-2-3-10-7-14-6-5-12(10)11/h2-7,9,15H,8H2,1H3,(H,16,17). The van der Waals surface area contributed by atoms with E-state index in [1.54, 1.807) is 19.3 Å². The third-order valence-electron chi connectivity index (χ3n) is 2.74. The van der Waals surface area contributed by atoms with E-state index in [9.17, 15) is 4.79 Å². The van der Waals surface area contributed by atoms with Crippen LogP contribution < -0.4 is 5.32 Å². The van der Waals surface area contributed by atoms with Crippen molar-refractivity contribution in [2.24, 2.45) is 0 Å². The van der Waals surface area contributed by atoms with Gasteiger partial charge in [-0.15, -0.1) is 0 Å². The maximum absolute atomic E-state index is 10.7. The van der Waals surface area contributed by atoms with Gasteiger partial charge in [-0.05, 0) is 23.9 Å². The van der Waals surface area contributed by atoms with E-state index in [2.05, 4.69) is 10.3 Å². The molecule has 2 rings (SSSR count). The predicted octanol–water partition coefficient (Wildman–Crippen LogP) is 1.80. The summed E-state index contributed by atoms with van der Waals surface area (Å²) in [6, 6.07) is 7.33. The minimum atomic E-state index is -0.841. The Morgan fingerprint density at radius 1 is 1.47 bits per heavy atom. The molecule has 0 aliphatic rings. The summed E-state index contributed by atoms with van der Waals surface area (Å²) in [5, 5.41) is 13.9. The van der Waals surface area contributed by atoms with Crippen LogP contribution in [0.4, 0.5) is 0 Å². The van der Waals surface area contributed by atoms with Crippen molar-refractivity contribution >= 4 is 16.7 Å². The molecule has 0 saturated heterocycles. The van der Waals surface area contributed by atoms with Gasteiger partial charge in [0, 0.05) is 24.3 Å². The average molecular weight is 230 g/mol. The topological polar surface area (TPSA) is 62.2 Å². The van der Waals surface area contributed by atoms with Crippen LogP contribution in [-0.4, -0.2) is 22.1 Å². The highest BCUT2D eigenvalue weighted by molar-refractivity contribution is 5.84. The molecule has 4 nitrogen and oxygen atoms in total. The lowest BCUT2D eigenvalue weighted by Gasteiger charge is -2.10. The van der Waals surface area contributed by atoms with Crippen LogP contribution in [0.3, 0.4) is 0 Å². The van der Waals surface area contributed by atoms with Gasteiger partial charge in [0.25, 0.3) is 0 Å². The number of benzene rings is 1. The molecular formula is C13H14N2O2. The van der Waals surface area contributed by atoms with Crippen molar-refractivity contribution < 1.29 is 9.90 Å². The number of fused-ring (bicyclic) bond motifs is 1. The fourth-order valence-corrected chi connectivity index (χ4v) is 1.69. The van der Waals surface area contributed by atoms with Crippen molar-refractivity contribution in [1.29, 1.82) is 0 Å². The largest absolute Gasteiger partial charge is 0.480 e. The third-order valence-corrected chi connectivity index (χ3v) is 2.74. The predicted molar refractivity (Wildman–Crippen MR) is 65.7 cm³/mol. The molecule has 17 heavy (non-hydrogen) atoms. The minimum Gasteiger partial charge on any atom is -0.480 e. The number of rotatable bonds is 4. The maximum Gasteiger partial charge on any atom is 0.320 e. The van der Waals surface area contributed by atoms with E-state index in [0.29, 0.717) is 6.54 Å². The molecule has 1 heterocycles. The molecule has 0 fully saturated rings. The Bertz CT molecular complexity index is 534. The van der Waals surface area contributed by atoms with Crippen molar-refractivity contribution in [3.8, 4) is 0 Å². The van der Waals surface area contributed by atoms with E-state index in [4.69, 9.17) is 5.11 Å². The minimum absolute atomic E-state index is 0.537. The van der Waals surface area contributed by atoms with Crippen LogP contribution in [0.2, 0.25) is 0 Å². The first-order valence-electron chi connectivity index (χ1n) is 5.46. The van der Waals surface area contributed by atoms with Gasteiger partial charge in [-0.1, -0.05) is 18.2 Å². The first-order chi connectivity index (χ1) is 8.18. The Balaban J connectivity index is 2.21. The van der Waals surface area contributed by atoms with E-state index in [-0.39, 0.29) is 0 Å². The summed E-state index contributed by atoms with van der Waals surface area (Å²) in [5.74, 6) is -0.841. The van der Waals surface area contributed by atoms with Crippen molar-refractivity contribution in [1.82, 2.24) is 10.3 Å². The van der Waals surface area contributed by atoms with E-state index in [0.717, 1.165) is 16.3 Å². The molecule has 0 aliphatic heterocycles. The van der Waals surface area contributed by atoms with Crippen LogP contribution in [0.1, 0.15) is 12.5 Å². The quantitative estimate of drug-likeness (QED) is 0.840. The maximum atomic E-state index is 10.7. The second-order valence-electron chi connectivity index (χ2n) is 3.95. The number of carboxylic acids is 1. The van der Waals surface area contributed by atoms with Gasteiger partial charge >= 0.3 is 5.97 Å². The van der Waals surface area contributed by atoms with Gasteiger partial charge in [0.1, 0.15) is 6.04 Å². The lowest BCUT2D eigenvalue weighted by atomic mass is 10.1. The Hall–Kier alpha value is -1.94. The van der Waals surface area contributed by atoms with Crippen LogP contribution >= 0.6 is 0 Å². The summed E-state index contributed by atoms with van der Waals surface area (Å²) >= 11 is 0. The van der Waals surface area contributed by atoms with E-state index < -0.39 is 12.0 Å². The molecule has 1 aromatic heterocycles. The molecule has 4 heteroatoms. The molecule has 0 amide bonds. The highest BCUT2D eigenvalue weighted by atomic mass is 16.4. The number of hydrogen-bond donors (Lipinski definition) is 2. The van der Waals surface area contributed by atoms with Crippen molar-refractivity contribution in [2.45, 2.75) is 19.5 Å². The fourth-order valence-electron chi connectivity index (χ4n) is 1.69. The van der Waals surface area contributed by atoms with Gasteiger partial charge in [-0.2, -0.15) is 0 Å². The van der Waals surface area contributed by atoms with Crippen LogP contribution in [0.25, 0.3) is 10.8 Å². The van der Waals surface area contributed by atoms with Crippen molar-refractivity contribution in [2.75, 3.05) is 0 Å². The molecule has 0 radical (unpaired) electrons. The highest BCUT2D eigenvalue weighted by Gasteiger charge is 2.10. The van der Waals surface area contributed by atoms with Gasteiger partial charge in [-0.3, -0.25) is 9.78 Å². The zero-order chi connectivity index (χ0) is 12.3. The number of aliphatic carboxylic acids is 1. The van der Waals surface area contributed by atoms with Crippen LogP contribution in [0, 0.1) is 0 Å². The van der Waals surface area contributed by atoms with Crippen LogP contribution in [0.15, 0.2) is 36.7 Å². The smallest absolute Gasteiger partial charge is 0.320 e. The summed E-state index contributed by atoms with van der Waals surface area (Å²) < 4.78 is 0. The average Bonchev–Trinajstić information content (AvgIpc) is 2.35. The second kappa shape index (κ2) is 4.93. The second-order valence-corrected chi connectivity index (χ2v) is 3.95. The lowest BCUT2D eigenvalue weighted by molar-refractivity contribution is -0.139. The first-order valence-corrected chi connectivity index (χ1v) is 5.46. The normalized spacial score (nSPS) is 12.5. The lowest BCUT2D eigenvalue weighted by Crippen LogP contribution is -2.33. The number of carboxylic acid groups (broad SMARTS) is 1. The monoisotopic (exact) mass is 230 g/mol. The zero-order valence-corrected chi connectivity index (χ0v) is 9.55. The summed E-state index contributed by atoms with van der Waals surface area (Å²) in [6.07, 6.45) is 3.55. The summed E-state index contributed by atoms with van der Waals surface area (Å²) in [6.45, 7) is 2.17. The third kappa shape index (κ3) is 2.60. The van der Waals surface area contributed by atoms with Crippen LogP contribution in [-0.2, 0) is 11.3 Å². The van der Waals surface area contributed by atoms with Crippen molar-refractivity contribution in [3.05, 3.63) is 42.2 Å². The SMILES string of the molecule is CC(NCc1cccc2cnccc12)C(=O)O. The zero-order valence-electron chi connectivity index (χ0n) is 9.55. The van der Waals surface area contributed by atoms with Crippen molar-refractivity contribution in [3.63, 3.8) is 0 Å². The van der Waals surface area contributed by atoms with Gasteiger partial charge in [-0.25, -0.2) is 0 Å². The van der Waals surface area contributed by atoms with Gasteiger partial charge < -0.3 is 10.4 Å². The highest BCUT2D eigenvalue weighted by Crippen LogP contribution is 2.17. The Morgan fingerprint density at radius 3 is 3.06 bits per heavy atom. The number of pyridine rings is 1. The molecule has 0 spiro atoms. The molecular weight excluding hydrogens is 216 g/mol. The summed E-state index contributed by atoms with van der Waals surface area (Å²) in [5.41, 5.74) is 1.08. The summed E-state index contributed by atoms with van der Waals surface area (Å²) in [4.78, 5) is 14.8. The van der Waals surface area contributed by atoms with Gasteiger partial charge in [0.2, 0.25) is 0 Å². The fraction of sp³-hybridized carbons (Fsp3) is 0.231. The molecule has 1 atom stereocenters. The molecule has 2 N–H and O–H groups in total. The molecule has 0 bridgehead atoms. The molecule has 88 valence electrons. The number of nitrogens with zero attached hydrogens (tertiary/aromatic N) is 1. The van der Waals surface area contributed by atoms with Crippen LogP contribution in [0.5, 0.6) is 0 Å². The first kappa shape index (κ1) is 11.5. The van der Waals surface area contributed by atoms with E-state index >= 15 is 0 Å². The number of aromatic nitrogens is 1. The number of hydrogen-bond acceptors (Lipinski definition) is 3. The molecule has 2 aromatic rings. The summed E-state index contributed by atoms with van der Waals surface area (Å²) in [7, 11) is 0. The Morgan fingerprint density at radius 2 is 2.29 bits per heavy atom. The van der Waals surface area contributed by atoms with E-state index in [1.807, 2.05) is 24.3 Å². The van der Waals surface area contributed by atoms with E-state index in [1.165, 1.54) is 0 Å². The molecule has 0 aliphatic carbocycles. The molecule has 1 aromatic carbocycles. The Kier molecular flexibility index (Phi) is 3.35.